The van der Waals surface area contributed by atoms with Crippen LogP contribution in [0, 0.1) is 0 Å². The average Bonchev–Trinajstić information content (AvgIpc) is 2.01. The van der Waals surface area contributed by atoms with Crippen molar-refractivity contribution >= 4 is 14.3 Å². The zero-order chi connectivity index (χ0) is 11.2. The number of hydrogen-bond donors (Lipinski definition) is 1. The Kier molecular flexibility index (Phi) is 5.84. The molecule has 0 saturated heterocycles. The van der Waals surface area contributed by atoms with Gasteiger partial charge in [-0.3, -0.25) is 0 Å². The highest BCUT2D eigenvalue weighted by Gasteiger charge is 2.25. The third-order valence-corrected chi connectivity index (χ3v) is 2.24. The molecule has 4 heteroatoms. The van der Waals surface area contributed by atoms with Crippen molar-refractivity contribution < 1.29 is 4.74 Å². The Hall–Kier alpha value is 0.0499. The first-order valence-electron chi connectivity index (χ1n) is 5.37. The molecule has 0 aliphatic carbocycles. The predicted molar refractivity (Wildman–Crippen MR) is 64.9 cm³/mol. The quantitative estimate of drug-likeness (QED) is 0.626. The topological polar surface area (TPSA) is 35.2 Å². The summed E-state index contributed by atoms with van der Waals surface area (Å²) in [6.45, 7) is 12.0. The summed E-state index contributed by atoms with van der Waals surface area (Å²) in [6, 6.07) is 0. The fourth-order valence-corrected chi connectivity index (χ4v) is 1.30. The third-order valence-electron chi connectivity index (χ3n) is 2.24. The molecule has 2 N–H and O–H groups in total. The van der Waals surface area contributed by atoms with Gasteiger partial charge in [-0.1, -0.05) is 19.2 Å². The minimum atomic E-state index is -0.166. The molecule has 0 amide bonds. The van der Waals surface area contributed by atoms with Crippen molar-refractivity contribution in [3.05, 3.63) is 0 Å². The molecule has 2 nitrogen and oxygen atoms in total. The van der Waals surface area contributed by atoms with Crippen LogP contribution in [0.3, 0.4) is 0 Å². The van der Waals surface area contributed by atoms with Gasteiger partial charge in [-0.15, -0.1) is 0 Å². The van der Waals surface area contributed by atoms with Crippen molar-refractivity contribution in [1.29, 1.82) is 0 Å². The van der Waals surface area contributed by atoms with E-state index in [0.717, 1.165) is 19.6 Å². The smallest absolute Gasteiger partial charge is 0.109 e. The molecule has 0 aromatic heterocycles. The van der Waals surface area contributed by atoms with Gasteiger partial charge in [0.15, 0.2) is 0 Å². The second-order valence-corrected chi connectivity index (χ2v) is 4.90. The Bertz CT molecular complexity index is 142. The van der Waals surface area contributed by atoms with Crippen LogP contribution in [-0.2, 0) is 4.74 Å². The molecular weight excluding hydrogens is 172 g/mol. The largest absolute Gasteiger partial charge is 0.386 e. The molecular formula is C10H23B2NO. The normalized spacial score (nSPS) is 12.7. The molecule has 0 saturated carbocycles. The lowest BCUT2D eigenvalue weighted by Gasteiger charge is -2.29. The molecule has 0 aliphatic heterocycles. The Labute approximate surface area is 90.4 Å². The van der Waals surface area contributed by atoms with E-state index in [4.69, 9.17) is 10.5 Å². The molecule has 80 valence electrons. The van der Waals surface area contributed by atoms with Crippen molar-refractivity contribution in [3.8, 4) is 0 Å². The van der Waals surface area contributed by atoms with Gasteiger partial charge in [0.25, 0.3) is 0 Å². The van der Waals surface area contributed by atoms with Crippen LogP contribution < -0.4 is 5.73 Å². The molecule has 0 aliphatic rings. The van der Waals surface area contributed by atoms with Crippen LogP contribution in [0.2, 0.25) is 5.31 Å². The van der Waals surface area contributed by atoms with E-state index in [1.165, 1.54) is 0 Å². The van der Waals surface area contributed by atoms with Crippen molar-refractivity contribution in [2.24, 2.45) is 5.73 Å². The van der Waals surface area contributed by atoms with Crippen molar-refractivity contribution in [1.82, 2.24) is 0 Å². The van der Waals surface area contributed by atoms with Gasteiger partial charge >= 0.3 is 0 Å². The highest BCUT2D eigenvalue weighted by atomic mass is 16.5. The Morgan fingerprint density at radius 3 is 2.14 bits per heavy atom. The van der Waals surface area contributed by atoms with Crippen molar-refractivity contribution in [2.45, 2.75) is 51.9 Å². The first-order valence-corrected chi connectivity index (χ1v) is 5.37. The highest BCUT2D eigenvalue weighted by molar-refractivity contribution is 7.03. The molecule has 0 aromatic carbocycles. The van der Waals surface area contributed by atoms with Gasteiger partial charge < -0.3 is 10.5 Å². The van der Waals surface area contributed by atoms with Gasteiger partial charge in [0.2, 0.25) is 0 Å². The van der Waals surface area contributed by atoms with E-state index in [9.17, 15) is 0 Å². The third kappa shape index (κ3) is 6.50. The number of rotatable bonds is 7. The SMILES string of the molecule is CCOC(C)(C)[B][B]C(C)(C)CCN. The van der Waals surface area contributed by atoms with Crippen LogP contribution in [0.1, 0.15) is 41.0 Å². The van der Waals surface area contributed by atoms with Gasteiger partial charge in [-0.05, 0) is 33.7 Å². The van der Waals surface area contributed by atoms with Crippen LogP contribution in [0.4, 0.5) is 0 Å². The van der Waals surface area contributed by atoms with Crippen LogP contribution in [0.15, 0.2) is 0 Å². The first-order chi connectivity index (χ1) is 6.33. The maximum Gasteiger partial charge on any atom is 0.109 e. The van der Waals surface area contributed by atoms with Crippen LogP contribution in [0.25, 0.3) is 0 Å². The zero-order valence-electron chi connectivity index (χ0n) is 10.3. The summed E-state index contributed by atoms with van der Waals surface area (Å²) in [5.41, 5.74) is 5.38. The summed E-state index contributed by atoms with van der Waals surface area (Å²) in [4.78, 5) is 0. The number of nitrogens with two attached hydrogens (primary N) is 1. The highest BCUT2D eigenvalue weighted by Crippen LogP contribution is 2.27. The lowest BCUT2D eigenvalue weighted by Crippen LogP contribution is -2.39. The van der Waals surface area contributed by atoms with Crippen molar-refractivity contribution in [2.75, 3.05) is 13.2 Å². The summed E-state index contributed by atoms with van der Waals surface area (Å²) in [5.74, 6) is 0. The van der Waals surface area contributed by atoms with Crippen molar-refractivity contribution in [3.63, 3.8) is 0 Å². The molecule has 0 atom stereocenters. The minimum absolute atomic E-state index is 0.166. The molecule has 0 heterocycles. The second kappa shape index (κ2) is 5.82. The zero-order valence-corrected chi connectivity index (χ0v) is 10.3. The van der Waals surface area contributed by atoms with Gasteiger partial charge in [-0.25, -0.2) is 0 Å². The van der Waals surface area contributed by atoms with Gasteiger partial charge in [0.05, 0.1) is 7.17 Å². The van der Waals surface area contributed by atoms with Gasteiger partial charge in [0.1, 0.15) is 7.17 Å². The van der Waals surface area contributed by atoms with E-state index in [-0.39, 0.29) is 10.8 Å². The first kappa shape index (κ1) is 14.0. The number of ether oxygens (including phenoxy) is 1. The van der Waals surface area contributed by atoms with Gasteiger partial charge in [0, 0.05) is 12.1 Å². The summed E-state index contributed by atoms with van der Waals surface area (Å²) in [7, 11) is 4.34. The fourth-order valence-electron chi connectivity index (χ4n) is 1.30. The maximum atomic E-state index is 5.58. The summed E-state index contributed by atoms with van der Waals surface area (Å²) >= 11 is 0. The van der Waals surface area contributed by atoms with Crippen LogP contribution >= 0.6 is 0 Å². The number of hydrogen-bond acceptors (Lipinski definition) is 2. The maximum absolute atomic E-state index is 5.58. The lowest BCUT2D eigenvalue weighted by molar-refractivity contribution is 0.0542. The summed E-state index contributed by atoms with van der Waals surface area (Å²) in [5, 5.41) is 0.170. The van der Waals surface area contributed by atoms with E-state index < -0.39 is 0 Å². The standard InChI is InChI=1S/C10H23B2NO/c1-6-14-10(4,5)12-11-9(2,3)7-8-13/h6-8,13H2,1-5H3. The van der Waals surface area contributed by atoms with E-state index in [2.05, 4.69) is 42.0 Å². The summed E-state index contributed by atoms with van der Waals surface area (Å²) in [6.07, 6.45) is 1.01. The van der Waals surface area contributed by atoms with E-state index in [0.29, 0.717) is 0 Å². The molecule has 0 unspecified atom stereocenters. The van der Waals surface area contributed by atoms with E-state index in [1.807, 2.05) is 6.92 Å². The van der Waals surface area contributed by atoms with Gasteiger partial charge in [-0.2, -0.15) is 0 Å². The Balaban J connectivity index is 3.90. The fraction of sp³-hybridized carbons (Fsp3) is 1.00. The Morgan fingerprint density at radius 2 is 1.71 bits per heavy atom. The van der Waals surface area contributed by atoms with Crippen LogP contribution in [0.5, 0.6) is 0 Å². The summed E-state index contributed by atoms with van der Waals surface area (Å²) < 4.78 is 5.58. The van der Waals surface area contributed by atoms with E-state index >= 15 is 0 Å². The molecule has 0 bridgehead atoms. The molecule has 0 aromatic rings. The van der Waals surface area contributed by atoms with Crippen LogP contribution in [-0.4, -0.2) is 33.0 Å². The molecule has 0 spiro atoms. The monoisotopic (exact) mass is 195 g/mol. The second-order valence-electron chi connectivity index (χ2n) is 4.90. The average molecular weight is 195 g/mol. The minimum Gasteiger partial charge on any atom is -0.386 e. The lowest BCUT2D eigenvalue weighted by atomic mass is 9.24. The molecule has 0 fully saturated rings. The molecule has 14 heavy (non-hydrogen) atoms. The molecule has 2 radical (unpaired) electrons. The van der Waals surface area contributed by atoms with E-state index in [1.54, 1.807) is 0 Å². The Morgan fingerprint density at radius 1 is 1.14 bits per heavy atom. The molecule has 0 rings (SSSR count). The predicted octanol–water partition coefficient (Wildman–Crippen LogP) is 1.63.